The highest BCUT2D eigenvalue weighted by Gasteiger charge is 2.02. The van der Waals surface area contributed by atoms with E-state index in [0.717, 1.165) is 0 Å². The summed E-state index contributed by atoms with van der Waals surface area (Å²) < 4.78 is 0. The van der Waals surface area contributed by atoms with E-state index >= 15 is 0 Å². The molecule has 1 unspecified atom stereocenters. The maximum atomic E-state index is 10.4. The first-order chi connectivity index (χ1) is 4.33. The molecule has 0 saturated heterocycles. The summed E-state index contributed by atoms with van der Waals surface area (Å²) in [6.45, 7) is 0. The first-order valence-corrected chi connectivity index (χ1v) is 2.55. The number of nitrogens with zero attached hydrogens (tertiary/aromatic N) is 1. The number of hydrogen-bond donors (Lipinski definition) is 0. The summed E-state index contributed by atoms with van der Waals surface area (Å²) in [5.41, 5.74) is 0. The van der Waals surface area contributed by atoms with E-state index in [1.165, 1.54) is 12.3 Å². The van der Waals surface area contributed by atoms with E-state index in [-0.39, 0.29) is 11.8 Å². The second-order valence-electron chi connectivity index (χ2n) is 1.67. The van der Waals surface area contributed by atoms with E-state index in [1.54, 1.807) is 6.08 Å². The van der Waals surface area contributed by atoms with E-state index in [1.807, 2.05) is 0 Å². The zero-order chi connectivity index (χ0) is 6.69. The molecule has 2 nitrogen and oxygen atoms in total. The summed E-state index contributed by atoms with van der Waals surface area (Å²) in [5.74, 6) is 2.11. The molecule has 0 saturated carbocycles. The van der Waals surface area contributed by atoms with Gasteiger partial charge in [0.2, 0.25) is 0 Å². The van der Waals surface area contributed by atoms with Crippen LogP contribution < -0.4 is 0 Å². The lowest BCUT2D eigenvalue weighted by Gasteiger charge is -1.98. The van der Waals surface area contributed by atoms with E-state index in [4.69, 9.17) is 6.42 Å². The summed E-state index contributed by atoms with van der Waals surface area (Å²) in [4.78, 5) is 13.9. The van der Waals surface area contributed by atoms with Crippen molar-refractivity contribution in [2.45, 2.75) is 0 Å². The zero-order valence-corrected chi connectivity index (χ0v) is 4.74. The topological polar surface area (TPSA) is 29.4 Å². The number of carbonyl (C=O) groups is 1. The molecule has 1 aliphatic rings. The van der Waals surface area contributed by atoms with Gasteiger partial charge >= 0.3 is 0 Å². The monoisotopic (exact) mass is 119 g/mol. The molecule has 0 radical (unpaired) electrons. The van der Waals surface area contributed by atoms with Gasteiger partial charge in [-0.3, -0.25) is 4.79 Å². The van der Waals surface area contributed by atoms with Gasteiger partial charge in [0.15, 0.2) is 0 Å². The van der Waals surface area contributed by atoms with Crippen LogP contribution in [0.15, 0.2) is 17.1 Å². The fourth-order valence-corrected chi connectivity index (χ4v) is 0.531. The predicted molar refractivity (Wildman–Crippen MR) is 35.0 cm³/mol. The smallest absolute Gasteiger partial charge is 0.268 e. The average Bonchev–Trinajstić information content (AvgIpc) is 1.90. The Morgan fingerprint density at radius 2 is 2.56 bits per heavy atom. The summed E-state index contributed by atoms with van der Waals surface area (Å²) >= 11 is 0. The van der Waals surface area contributed by atoms with Crippen molar-refractivity contribution in [1.82, 2.24) is 0 Å². The van der Waals surface area contributed by atoms with Gasteiger partial charge in [-0.1, -0.05) is 12.0 Å². The third-order valence-electron chi connectivity index (χ3n) is 1.00. The van der Waals surface area contributed by atoms with Gasteiger partial charge < -0.3 is 0 Å². The Balaban J connectivity index is 2.72. The summed E-state index contributed by atoms with van der Waals surface area (Å²) in [7, 11) is 0. The van der Waals surface area contributed by atoms with Crippen LogP contribution in [0.3, 0.4) is 0 Å². The van der Waals surface area contributed by atoms with E-state index < -0.39 is 0 Å². The predicted octanol–water partition coefficient (Wildman–Crippen LogP) is 0.403. The van der Waals surface area contributed by atoms with Crippen molar-refractivity contribution in [2.75, 3.05) is 0 Å². The van der Waals surface area contributed by atoms with Gasteiger partial charge in [-0.15, -0.1) is 6.42 Å². The van der Waals surface area contributed by atoms with Gasteiger partial charge in [0, 0.05) is 12.3 Å². The first kappa shape index (κ1) is 5.77. The Kier molecular flexibility index (Phi) is 1.46. The van der Waals surface area contributed by atoms with Gasteiger partial charge in [0.25, 0.3) is 5.91 Å². The van der Waals surface area contributed by atoms with E-state index in [9.17, 15) is 4.79 Å². The second kappa shape index (κ2) is 2.27. The van der Waals surface area contributed by atoms with Crippen LogP contribution in [0.4, 0.5) is 0 Å². The molecule has 9 heavy (non-hydrogen) atoms. The molecule has 1 aliphatic heterocycles. The number of aliphatic imine (C=N–C) groups is 1. The lowest BCUT2D eigenvalue weighted by Crippen LogP contribution is -2.02. The van der Waals surface area contributed by atoms with Gasteiger partial charge in [0.05, 0.1) is 5.92 Å². The van der Waals surface area contributed by atoms with Crippen LogP contribution in [0.5, 0.6) is 0 Å². The molecule has 1 atom stereocenters. The molecule has 44 valence electrons. The molecular weight excluding hydrogens is 114 g/mol. The van der Waals surface area contributed by atoms with Crippen molar-refractivity contribution in [1.29, 1.82) is 0 Å². The molecule has 0 aliphatic carbocycles. The maximum Gasteiger partial charge on any atom is 0.269 e. The standard InChI is InChI=1S/C7H5NO/c1-2-6-3-4-7(9)8-5-6/h1,3-6H. The maximum absolute atomic E-state index is 10.4. The van der Waals surface area contributed by atoms with Crippen molar-refractivity contribution < 1.29 is 4.79 Å². The Bertz CT molecular complexity index is 204. The Labute approximate surface area is 53.3 Å². The Morgan fingerprint density at radius 3 is 3.00 bits per heavy atom. The van der Waals surface area contributed by atoms with Crippen LogP contribution >= 0.6 is 0 Å². The SMILES string of the molecule is C#CC1C=CC(=O)N=C1. The average molecular weight is 119 g/mol. The van der Waals surface area contributed by atoms with Crippen molar-refractivity contribution in [2.24, 2.45) is 10.9 Å². The number of carbonyl (C=O) groups excluding carboxylic acids is 1. The highest BCUT2D eigenvalue weighted by Crippen LogP contribution is 1.98. The van der Waals surface area contributed by atoms with Crippen LogP contribution in [0.25, 0.3) is 0 Å². The minimum atomic E-state index is -0.235. The molecule has 1 rings (SSSR count). The number of hydrogen-bond acceptors (Lipinski definition) is 1. The minimum absolute atomic E-state index is 0.0947. The lowest BCUT2D eigenvalue weighted by molar-refractivity contribution is -0.113. The Hall–Kier alpha value is -1.36. The molecule has 0 N–H and O–H groups in total. The zero-order valence-electron chi connectivity index (χ0n) is 4.74. The van der Waals surface area contributed by atoms with Crippen LogP contribution in [0.1, 0.15) is 0 Å². The van der Waals surface area contributed by atoms with Gasteiger partial charge in [0.1, 0.15) is 0 Å². The van der Waals surface area contributed by atoms with Gasteiger partial charge in [-0.05, 0) is 0 Å². The molecule has 0 fully saturated rings. The van der Waals surface area contributed by atoms with Gasteiger partial charge in [-0.25, -0.2) is 4.99 Å². The summed E-state index contributed by atoms with van der Waals surface area (Å²) in [5, 5.41) is 0. The van der Waals surface area contributed by atoms with Crippen LogP contribution in [-0.2, 0) is 4.79 Å². The molecule has 0 aromatic heterocycles. The molecule has 1 heterocycles. The van der Waals surface area contributed by atoms with Crippen molar-refractivity contribution in [3.05, 3.63) is 12.2 Å². The minimum Gasteiger partial charge on any atom is -0.268 e. The van der Waals surface area contributed by atoms with E-state index in [0.29, 0.717) is 0 Å². The first-order valence-electron chi connectivity index (χ1n) is 2.55. The molecular formula is C7H5NO. The normalized spacial score (nSPS) is 23.9. The van der Waals surface area contributed by atoms with Crippen LogP contribution in [-0.4, -0.2) is 12.1 Å². The fourth-order valence-electron chi connectivity index (χ4n) is 0.531. The lowest BCUT2D eigenvalue weighted by atomic mass is 10.1. The highest BCUT2D eigenvalue weighted by atomic mass is 16.1. The van der Waals surface area contributed by atoms with Crippen molar-refractivity contribution in [3.8, 4) is 12.3 Å². The highest BCUT2D eigenvalue weighted by molar-refractivity contribution is 5.97. The molecule has 0 bridgehead atoms. The summed E-state index contributed by atoms with van der Waals surface area (Å²) in [6.07, 6.45) is 9.53. The van der Waals surface area contributed by atoms with Crippen LogP contribution in [0.2, 0.25) is 0 Å². The fraction of sp³-hybridized carbons (Fsp3) is 0.143. The third kappa shape index (κ3) is 1.26. The van der Waals surface area contributed by atoms with Crippen molar-refractivity contribution in [3.63, 3.8) is 0 Å². The molecule has 2 heteroatoms. The van der Waals surface area contributed by atoms with Crippen LogP contribution in [0, 0.1) is 18.3 Å². The number of allylic oxidation sites excluding steroid dienone is 1. The number of rotatable bonds is 0. The Morgan fingerprint density at radius 1 is 1.78 bits per heavy atom. The number of dihydropyridines is 1. The largest absolute Gasteiger partial charge is 0.269 e. The quantitative estimate of drug-likeness (QED) is 0.424. The molecule has 0 aromatic carbocycles. The molecule has 0 spiro atoms. The number of amides is 1. The summed E-state index contributed by atoms with van der Waals surface area (Å²) in [6, 6.07) is 0. The number of terminal acetylenes is 1. The molecule has 1 amide bonds. The van der Waals surface area contributed by atoms with Gasteiger partial charge in [-0.2, -0.15) is 0 Å². The second-order valence-corrected chi connectivity index (χ2v) is 1.67. The van der Waals surface area contributed by atoms with E-state index in [2.05, 4.69) is 10.9 Å². The van der Waals surface area contributed by atoms with Crippen molar-refractivity contribution >= 4 is 12.1 Å². The third-order valence-corrected chi connectivity index (χ3v) is 1.00. The molecule has 0 aromatic rings.